The first-order valence-electron chi connectivity index (χ1n) is 13.5. The van der Waals surface area contributed by atoms with Crippen molar-refractivity contribution in [2.24, 2.45) is 0 Å². The normalized spacial score (nSPS) is 24.4. The van der Waals surface area contributed by atoms with Crippen LogP contribution in [0.3, 0.4) is 0 Å². The fourth-order valence-corrected chi connectivity index (χ4v) is 4.36. The van der Waals surface area contributed by atoms with E-state index in [-0.39, 0.29) is 12.2 Å². The van der Waals surface area contributed by atoms with Gasteiger partial charge >= 0.3 is 5.97 Å². The van der Waals surface area contributed by atoms with Gasteiger partial charge in [-0.2, -0.15) is 0 Å². The first kappa shape index (κ1) is 30.1. The molecular formula is C27H50O6. The van der Waals surface area contributed by atoms with E-state index in [0.29, 0.717) is 6.42 Å². The molecule has 1 aliphatic rings. The molecule has 1 saturated heterocycles. The Kier molecular flexibility index (Phi) is 17.7. The Balaban J connectivity index is 1.81. The molecule has 0 bridgehead atoms. The summed E-state index contributed by atoms with van der Waals surface area (Å²) in [5.74, 6) is -0.851. The summed E-state index contributed by atoms with van der Waals surface area (Å²) in [4.78, 5) is 10.4. The number of hydrogen-bond donors (Lipinski definition) is 3. The number of carboxylic acids is 1. The molecule has 1 heterocycles. The van der Waals surface area contributed by atoms with Gasteiger partial charge in [0, 0.05) is 12.5 Å². The molecule has 6 heteroatoms. The number of unbranched alkanes of at least 4 members (excludes halogenated alkanes) is 14. The molecule has 0 radical (unpaired) electrons. The molecule has 0 aromatic heterocycles. The molecule has 1 rings (SSSR count). The van der Waals surface area contributed by atoms with Crippen LogP contribution in [0.2, 0.25) is 0 Å². The maximum Gasteiger partial charge on any atom is 0.327 e. The van der Waals surface area contributed by atoms with E-state index in [9.17, 15) is 15.0 Å². The van der Waals surface area contributed by atoms with Crippen LogP contribution in [0.25, 0.3) is 0 Å². The van der Waals surface area contributed by atoms with E-state index < -0.39 is 24.5 Å². The van der Waals surface area contributed by atoms with Crippen LogP contribution >= 0.6 is 0 Å². The predicted molar refractivity (Wildman–Crippen MR) is 132 cm³/mol. The summed E-state index contributed by atoms with van der Waals surface area (Å²) in [7, 11) is 0. The maximum absolute atomic E-state index is 10.4. The molecule has 6 nitrogen and oxygen atoms in total. The Bertz CT molecular complexity index is 509. The van der Waals surface area contributed by atoms with E-state index in [4.69, 9.17) is 14.6 Å². The van der Waals surface area contributed by atoms with Gasteiger partial charge < -0.3 is 24.8 Å². The lowest BCUT2D eigenvalue weighted by molar-refractivity contribution is -0.273. The standard InChI is InChI=1S/C27H50O6/c1-22(32-27-25(29)21-24(28)23(2)33-27)19-17-15-13-11-9-7-5-3-4-6-8-10-12-14-16-18-20-26(30)31/h18,20,22-25,27-29H,3-17,19,21H2,1-2H3,(H,30,31)/b20-18+/t22-,23+,24-,25-,27-/m1/s1. The van der Waals surface area contributed by atoms with Crippen molar-refractivity contribution in [3.63, 3.8) is 0 Å². The summed E-state index contributed by atoms with van der Waals surface area (Å²) < 4.78 is 11.4. The van der Waals surface area contributed by atoms with Crippen molar-refractivity contribution in [3.8, 4) is 0 Å². The minimum absolute atomic E-state index is 0.0564. The van der Waals surface area contributed by atoms with E-state index in [2.05, 4.69) is 0 Å². The third-order valence-corrected chi connectivity index (χ3v) is 6.55. The lowest BCUT2D eigenvalue weighted by Crippen LogP contribution is -2.48. The molecular weight excluding hydrogens is 420 g/mol. The van der Waals surface area contributed by atoms with Gasteiger partial charge in [-0.1, -0.05) is 89.5 Å². The minimum atomic E-state index is -0.851. The second-order valence-electron chi connectivity index (χ2n) is 9.79. The zero-order valence-corrected chi connectivity index (χ0v) is 21.1. The van der Waals surface area contributed by atoms with E-state index >= 15 is 0 Å². The highest BCUT2D eigenvalue weighted by Crippen LogP contribution is 2.23. The zero-order chi connectivity index (χ0) is 24.3. The predicted octanol–water partition coefficient (Wildman–Crippen LogP) is 6.13. The van der Waals surface area contributed by atoms with Crippen molar-refractivity contribution in [3.05, 3.63) is 12.2 Å². The number of rotatable bonds is 20. The minimum Gasteiger partial charge on any atom is -0.478 e. The number of hydrogen-bond acceptors (Lipinski definition) is 5. The highest BCUT2D eigenvalue weighted by Gasteiger charge is 2.35. The second-order valence-corrected chi connectivity index (χ2v) is 9.79. The average Bonchev–Trinajstić information content (AvgIpc) is 2.76. The van der Waals surface area contributed by atoms with Crippen LogP contribution in [0, 0.1) is 0 Å². The van der Waals surface area contributed by atoms with Crippen molar-refractivity contribution in [2.45, 2.75) is 154 Å². The van der Waals surface area contributed by atoms with Gasteiger partial charge in [-0.05, 0) is 33.1 Å². The van der Waals surface area contributed by atoms with Crippen molar-refractivity contribution < 1.29 is 29.6 Å². The van der Waals surface area contributed by atoms with Gasteiger partial charge in [0.1, 0.15) is 6.10 Å². The Morgan fingerprint density at radius 3 is 1.88 bits per heavy atom. The number of aliphatic hydroxyl groups excluding tert-OH is 2. The van der Waals surface area contributed by atoms with Crippen molar-refractivity contribution >= 4 is 5.97 Å². The smallest absolute Gasteiger partial charge is 0.327 e. The monoisotopic (exact) mass is 470 g/mol. The number of allylic oxidation sites excluding steroid dienone is 1. The van der Waals surface area contributed by atoms with E-state index in [1.54, 1.807) is 6.08 Å². The summed E-state index contributed by atoms with van der Waals surface area (Å²) in [6.07, 6.45) is 20.8. The molecule has 0 unspecified atom stereocenters. The third kappa shape index (κ3) is 16.3. The van der Waals surface area contributed by atoms with E-state index in [0.717, 1.165) is 25.7 Å². The molecule has 0 aromatic rings. The summed E-state index contributed by atoms with van der Waals surface area (Å²) in [6.45, 7) is 3.85. The van der Waals surface area contributed by atoms with Crippen LogP contribution in [-0.2, 0) is 14.3 Å². The van der Waals surface area contributed by atoms with E-state index in [1.807, 2.05) is 13.8 Å². The van der Waals surface area contributed by atoms with Crippen LogP contribution in [-0.4, -0.2) is 52.0 Å². The second kappa shape index (κ2) is 19.4. The SMILES string of the molecule is C[C@H](CCCCCCCCCCCCCCCC/C=C/C(=O)O)O[C@@H]1O[C@@H](C)[C@H](O)C[C@H]1O. The van der Waals surface area contributed by atoms with Crippen LogP contribution in [0.1, 0.15) is 123 Å². The number of carbonyl (C=O) groups is 1. The summed E-state index contributed by atoms with van der Waals surface area (Å²) in [5.41, 5.74) is 0. The zero-order valence-electron chi connectivity index (χ0n) is 21.1. The van der Waals surface area contributed by atoms with Crippen molar-refractivity contribution in [1.29, 1.82) is 0 Å². The average molecular weight is 471 g/mol. The number of carboxylic acid groups (broad SMARTS) is 1. The van der Waals surface area contributed by atoms with E-state index in [1.165, 1.54) is 83.1 Å². The van der Waals surface area contributed by atoms with Gasteiger partial charge in [0.15, 0.2) is 6.29 Å². The third-order valence-electron chi connectivity index (χ3n) is 6.55. The lowest BCUT2D eigenvalue weighted by Gasteiger charge is -2.36. The number of aliphatic hydroxyl groups is 2. The Morgan fingerprint density at radius 1 is 0.879 bits per heavy atom. The van der Waals surface area contributed by atoms with Crippen molar-refractivity contribution in [1.82, 2.24) is 0 Å². The Hall–Kier alpha value is -0.950. The summed E-state index contributed by atoms with van der Waals surface area (Å²) in [6, 6.07) is 0. The van der Waals surface area contributed by atoms with Crippen LogP contribution in [0.15, 0.2) is 12.2 Å². The molecule has 0 spiro atoms. The largest absolute Gasteiger partial charge is 0.478 e. The Labute approximate surface area is 201 Å². The summed E-state index contributed by atoms with van der Waals surface area (Å²) >= 11 is 0. The molecule has 1 fully saturated rings. The fourth-order valence-electron chi connectivity index (χ4n) is 4.36. The van der Waals surface area contributed by atoms with Crippen molar-refractivity contribution in [2.75, 3.05) is 0 Å². The first-order chi connectivity index (χ1) is 15.9. The van der Waals surface area contributed by atoms with Gasteiger partial charge in [-0.15, -0.1) is 0 Å². The van der Waals surface area contributed by atoms with Crippen LogP contribution in [0.5, 0.6) is 0 Å². The van der Waals surface area contributed by atoms with Gasteiger partial charge in [0.05, 0.1) is 18.3 Å². The highest BCUT2D eigenvalue weighted by molar-refractivity contribution is 5.79. The molecule has 0 saturated carbocycles. The molecule has 0 aromatic carbocycles. The molecule has 0 aliphatic carbocycles. The fraction of sp³-hybridized carbons (Fsp3) is 0.889. The highest BCUT2D eigenvalue weighted by atomic mass is 16.7. The molecule has 194 valence electrons. The number of aliphatic carboxylic acids is 1. The maximum atomic E-state index is 10.4. The number of ether oxygens (including phenoxy) is 2. The quantitative estimate of drug-likeness (QED) is 0.146. The lowest BCUT2D eigenvalue weighted by atomic mass is 10.0. The van der Waals surface area contributed by atoms with Gasteiger partial charge in [0.25, 0.3) is 0 Å². The Morgan fingerprint density at radius 2 is 1.36 bits per heavy atom. The van der Waals surface area contributed by atoms with Crippen LogP contribution < -0.4 is 0 Å². The van der Waals surface area contributed by atoms with Crippen LogP contribution in [0.4, 0.5) is 0 Å². The van der Waals surface area contributed by atoms with Gasteiger partial charge in [-0.3, -0.25) is 0 Å². The first-order valence-corrected chi connectivity index (χ1v) is 13.5. The van der Waals surface area contributed by atoms with Gasteiger partial charge in [-0.25, -0.2) is 4.79 Å². The molecule has 1 aliphatic heterocycles. The molecule has 0 amide bonds. The topological polar surface area (TPSA) is 96.2 Å². The molecule has 5 atom stereocenters. The molecule has 33 heavy (non-hydrogen) atoms. The molecule has 3 N–H and O–H groups in total. The summed E-state index contributed by atoms with van der Waals surface area (Å²) in [5, 5.41) is 28.3. The van der Waals surface area contributed by atoms with Gasteiger partial charge in [0.2, 0.25) is 0 Å².